The summed E-state index contributed by atoms with van der Waals surface area (Å²) in [6.45, 7) is -2.15. The molecule has 0 spiro atoms. The molecule has 0 aliphatic carbocycles. The van der Waals surface area contributed by atoms with E-state index in [1.54, 1.807) is 0 Å². The van der Waals surface area contributed by atoms with Crippen molar-refractivity contribution in [2.24, 2.45) is 0 Å². The molecule has 0 bridgehead atoms. The molecule has 0 aromatic carbocycles. The molecular weight excluding hydrogens is 231 g/mol. The first-order valence-corrected chi connectivity index (χ1v) is 5.93. The van der Waals surface area contributed by atoms with E-state index in [-0.39, 0.29) is 0 Å². The van der Waals surface area contributed by atoms with Crippen LogP contribution in [0, 0.1) is 0 Å². The molecule has 0 aliphatic heterocycles. The molecule has 15 heavy (non-hydrogen) atoms. The molecule has 0 saturated carbocycles. The molecule has 0 aliphatic rings. The third kappa shape index (κ3) is 7.97. The van der Waals surface area contributed by atoms with Gasteiger partial charge < -0.3 is 0 Å². The fourth-order valence-corrected chi connectivity index (χ4v) is 1.46. The Hall–Kier alpha value is 0.110. The van der Waals surface area contributed by atoms with Crippen LogP contribution in [0.15, 0.2) is 0 Å². The van der Waals surface area contributed by atoms with E-state index in [0.717, 1.165) is 0 Å². The van der Waals surface area contributed by atoms with Crippen molar-refractivity contribution < 1.29 is 39.3 Å². The zero-order valence-corrected chi connectivity index (χ0v) is 8.98. The second kappa shape index (κ2) is 7.39. The molecule has 0 radical (unpaired) electrons. The van der Waals surface area contributed by atoms with Crippen LogP contribution >= 0.6 is 8.17 Å². The molecule has 2 atom stereocenters. The maximum atomic E-state index is 9.07. The van der Waals surface area contributed by atoms with Gasteiger partial charge in [0.2, 0.25) is 0 Å². The topological polar surface area (TPSA) is 140 Å². The van der Waals surface area contributed by atoms with E-state index in [4.69, 9.17) is 30.2 Å². The Balaban J connectivity index is 3.75. The standard InChI is InChI=1S/C6H17O8P/c7-1-5(9)3-13-15(11,12)14-4-6(10)2-8/h5-12,15H,1-4H2. The minimum atomic E-state index is -4.40. The van der Waals surface area contributed by atoms with Crippen LogP contribution in [0.4, 0.5) is 0 Å². The number of aliphatic hydroxyl groups is 4. The van der Waals surface area contributed by atoms with Crippen molar-refractivity contribution in [1.82, 2.24) is 0 Å². The molecule has 9 heteroatoms. The third-order valence-corrected chi connectivity index (χ3v) is 2.43. The molecule has 0 rings (SSSR count). The van der Waals surface area contributed by atoms with Crippen LogP contribution in [0.3, 0.4) is 0 Å². The first kappa shape index (κ1) is 15.1. The summed E-state index contributed by atoms with van der Waals surface area (Å²) in [5, 5.41) is 34.4. The van der Waals surface area contributed by atoms with Gasteiger partial charge in [0.1, 0.15) is 0 Å². The average Bonchev–Trinajstić information content (AvgIpc) is 2.22. The summed E-state index contributed by atoms with van der Waals surface area (Å²) in [4.78, 5) is 18.1. The zero-order valence-electron chi connectivity index (χ0n) is 7.98. The summed E-state index contributed by atoms with van der Waals surface area (Å²) in [6.07, 6.45) is -2.47. The summed E-state index contributed by atoms with van der Waals surface area (Å²) in [5.41, 5.74) is 0. The van der Waals surface area contributed by atoms with Crippen molar-refractivity contribution in [2.75, 3.05) is 26.4 Å². The van der Waals surface area contributed by atoms with Crippen LogP contribution in [0.2, 0.25) is 0 Å². The molecule has 6 N–H and O–H groups in total. The number of aliphatic hydroxyl groups excluding tert-OH is 4. The summed E-state index contributed by atoms with van der Waals surface area (Å²) in [7, 11) is -4.40. The van der Waals surface area contributed by atoms with E-state index in [1.807, 2.05) is 0 Å². The molecule has 2 unspecified atom stereocenters. The molecule has 0 amide bonds. The van der Waals surface area contributed by atoms with Crippen LogP contribution in [-0.2, 0) is 9.05 Å². The van der Waals surface area contributed by atoms with Gasteiger partial charge in [0, 0.05) is 0 Å². The van der Waals surface area contributed by atoms with Gasteiger partial charge in [-0.2, -0.15) is 0 Å². The van der Waals surface area contributed by atoms with Crippen molar-refractivity contribution in [2.45, 2.75) is 12.2 Å². The second-order valence-electron chi connectivity index (χ2n) is 2.84. The van der Waals surface area contributed by atoms with Gasteiger partial charge >= 0.3 is 86.1 Å². The van der Waals surface area contributed by atoms with Crippen LogP contribution in [0.25, 0.3) is 0 Å². The van der Waals surface area contributed by atoms with Crippen LogP contribution in [0.5, 0.6) is 0 Å². The third-order valence-electron chi connectivity index (χ3n) is 1.35. The molecule has 94 valence electrons. The number of hydrogen-bond donors (Lipinski definition) is 6. The van der Waals surface area contributed by atoms with Gasteiger partial charge in [0.05, 0.1) is 0 Å². The summed E-state index contributed by atoms with van der Waals surface area (Å²) >= 11 is 0. The Morgan fingerprint density at radius 1 is 0.867 bits per heavy atom. The Morgan fingerprint density at radius 2 is 1.20 bits per heavy atom. The molecule has 0 aromatic rings. The van der Waals surface area contributed by atoms with Crippen LogP contribution in [0.1, 0.15) is 0 Å². The van der Waals surface area contributed by atoms with Crippen LogP contribution in [-0.4, -0.2) is 68.8 Å². The van der Waals surface area contributed by atoms with E-state index < -0.39 is 46.8 Å². The Labute approximate surface area is 87.0 Å². The first-order chi connectivity index (χ1) is 6.91. The van der Waals surface area contributed by atoms with Gasteiger partial charge in [-0.05, 0) is 0 Å². The van der Waals surface area contributed by atoms with Crippen molar-refractivity contribution in [3.8, 4) is 0 Å². The Kier molecular flexibility index (Phi) is 7.45. The monoisotopic (exact) mass is 248 g/mol. The fraction of sp³-hybridized carbons (Fsp3) is 1.00. The zero-order chi connectivity index (χ0) is 11.9. The van der Waals surface area contributed by atoms with E-state index >= 15 is 0 Å². The quantitative estimate of drug-likeness (QED) is 0.252. The normalized spacial score (nSPS) is 17.5. The Bertz CT molecular complexity index is 149. The van der Waals surface area contributed by atoms with Gasteiger partial charge in [0.15, 0.2) is 0 Å². The summed E-state index contributed by atoms with van der Waals surface area (Å²) in [6, 6.07) is 0. The van der Waals surface area contributed by atoms with Crippen LogP contribution < -0.4 is 0 Å². The second-order valence-corrected chi connectivity index (χ2v) is 4.52. The molecule has 0 saturated heterocycles. The van der Waals surface area contributed by atoms with E-state index in [1.165, 1.54) is 0 Å². The van der Waals surface area contributed by atoms with Gasteiger partial charge in [-0.3, -0.25) is 0 Å². The van der Waals surface area contributed by atoms with Crippen molar-refractivity contribution in [1.29, 1.82) is 0 Å². The van der Waals surface area contributed by atoms with E-state index in [0.29, 0.717) is 0 Å². The molecule has 0 aromatic heterocycles. The maximum absolute atomic E-state index is 9.07. The minimum absolute atomic E-state index is 0.495. The van der Waals surface area contributed by atoms with Gasteiger partial charge in [0.25, 0.3) is 0 Å². The fourth-order valence-electron chi connectivity index (χ4n) is 0.557. The van der Waals surface area contributed by atoms with Crippen molar-refractivity contribution >= 4 is 8.17 Å². The van der Waals surface area contributed by atoms with E-state index in [2.05, 4.69) is 9.05 Å². The SMILES string of the molecule is OCC(O)CO[PH](O)(O)OCC(O)CO. The predicted octanol–water partition coefficient (Wildman–Crippen LogP) is -2.88. The van der Waals surface area contributed by atoms with Crippen molar-refractivity contribution in [3.63, 3.8) is 0 Å². The Morgan fingerprint density at radius 3 is 1.47 bits per heavy atom. The number of rotatable bonds is 8. The first-order valence-electron chi connectivity index (χ1n) is 4.21. The molecular formula is C6H17O8P. The summed E-state index contributed by atoms with van der Waals surface area (Å²) < 4.78 is 8.80. The molecule has 0 heterocycles. The predicted molar refractivity (Wildman–Crippen MR) is 50.8 cm³/mol. The van der Waals surface area contributed by atoms with Gasteiger partial charge in [-0.25, -0.2) is 0 Å². The molecule has 8 nitrogen and oxygen atoms in total. The number of hydrogen-bond acceptors (Lipinski definition) is 8. The van der Waals surface area contributed by atoms with Gasteiger partial charge in [-0.15, -0.1) is 0 Å². The van der Waals surface area contributed by atoms with Crippen molar-refractivity contribution in [3.05, 3.63) is 0 Å². The van der Waals surface area contributed by atoms with E-state index in [9.17, 15) is 0 Å². The van der Waals surface area contributed by atoms with Gasteiger partial charge in [-0.1, -0.05) is 0 Å². The average molecular weight is 248 g/mol. The molecule has 0 fully saturated rings. The summed E-state index contributed by atoms with van der Waals surface area (Å²) in [5.74, 6) is 0.